The van der Waals surface area contributed by atoms with Crippen molar-refractivity contribution in [3.63, 3.8) is 0 Å². The topological polar surface area (TPSA) is 56.7 Å². The molecular formula is C22H27N3O2. The highest BCUT2D eigenvalue weighted by Crippen LogP contribution is 2.33. The van der Waals surface area contributed by atoms with Gasteiger partial charge >= 0.3 is 0 Å². The number of carbonyl (C=O) groups is 1. The molecule has 0 spiro atoms. The predicted molar refractivity (Wildman–Crippen MR) is 104 cm³/mol. The van der Waals surface area contributed by atoms with Crippen LogP contribution in [0.15, 0.2) is 48.8 Å². The number of rotatable bonds is 3. The number of aliphatic hydroxyl groups is 1. The summed E-state index contributed by atoms with van der Waals surface area (Å²) in [5.74, 6) is 0.194. The van der Waals surface area contributed by atoms with E-state index < -0.39 is 5.60 Å². The van der Waals surface area contributed by atoms with Crippen LogP contribution in [0.5, 0.6) is 0 Å². The number of fused-ring (bicyclic) bond motifs is 1. The molecule has 142 valence electrons. The Bertz CT molecular complexity index is 800. The van der Waals surface area contributed by atoms with Crippen molar-refractivity contribution >= 4 is 5.91 Å². The fourth-order valence-corrected chi connectivity index (χ4v) is 4.39. The highest BCUT2D eigenvalue weighted by molar-refractivity contribution is 5.82. The Morgan fingerprint density at radius 2 is 1.93 bits per heavy atom. The Kier molecular flexibility index (Phi) is 4.98. The van der Waals surface area contributed by atoms with E-state index in [0.29, 0.717) is 25.9 Å². The zero-order chi connectivity index (χ0) is 18.9. The third kappa shape index (κ3) is 3.49. The van der Waals surface area contributed by atoms with E-state index in [1.54, 1.807) is 12.4 Å². The van der Waals surface area contributed by atoms with Crippen molar-refractivity contribution < 1.29 is 9.90 Å². The minimum atomic E-state index is -0.880. The molecule has 1 aromatic heterocycles. The lowest BCUT2D eigenvalue weighted by molar-refractivity contribution is -0.142. The van der Waals surface area contributed by atoms with E-state index in [1.807, 2.05) is 17.0 Å². The van der Waals surface area contributed by atoms with Gasteiger partial charge in [0.1, 0.15) is 0 Å². The molecule has 1 aromatic carbocycles. The second-order valence-corrected chi connectivity index (χ2v) is 7.65. The molecule has 1 saturated heterocycles. The Morgan fingerprint density at radius 3 is 2.59 bits per heavy atom. The molecule has 1 N–H and O–H groups in total. The first-order valence-electron chi connectivity index (χ1n) is 9.83. The molecule has 5 nitrogen and oxygen atoms in total. The number of pyridine rings is 1. The molecule has 1 fully saturated rings. The van der Waals surface area contributed by atoms with Gasteiger partial charge in [-0.2, -0.15) is 0 Å². The summed E-state index contributed by atoms with van der Waals surface area (Å²) in [5, 5.41) is 11.0. The van der Waals surface area contributed by atoms with Gasteiger partial charge in [0.25, 0.3) is 0 Å². The first-order chi connectivity index (χ1) is 13.1. The quantitative estimate of drug-likeness (QED) is 0.907. The Morgan fingerprint density at radius 1 is 1.19 bits per heavy atom. The van der Waals surface area contributed by atoms with Crippen molar-refractivity contribution in [2.45, 2.75) is 44.4 Å². The number of likely N-dealkylation sites (N-methyl/N-ethyl adjacent to an activating group) is 1. The minimum Gasteiger partial charge on any atom is -0.385 e. The summed E-state index contributed by atoms with van der Waals surface area (Å²) in [5.41, 5.74) is 2.57. The Labute approximate surface area is 160 Å². The molecule has 5 heteroatoms. The fourth-order valence-electron chi connectivity index (χ4n) is 4.39. The van der Waals surface area contributed by atoms with E-state index in [0.717, 1.165) is 25.1 Å². The van der Waals surface area contributed by atoms with Crippen LogP contribution in [0.4, 0.5) is 0 Å². The maximum Gasteiger partial charge on any atom is 0.240 e. The lowest BCUT2D eigenvalue weighted by Crippen LogP contribution is -2.54. The molecule has 0 bridgehead atoms. The van der Waals surface area contributed by atoms with Crippen LogP contribution in [0.3, 0.4) is 0 Å². The smallest absolute Gasteiger partial charge is 0.240 e. The van der Waals surface area contributed by atoms with Gasteiger partial charge in [-0.3, -0.25) is 14.7 Å². The summed E-state index contributed by atoms with van der Waals surface area (Å²) in [4.78, 5) is 21.6. The maximum absolute atomic E-state index is 13.3. The minimum absolute atomic E-state index is 0.102. The second kappa shape index (κ2) is 7.41. The molecule has 0 aliphatic carbocycles. The van der Waals surface area contributed by atoms with Crippen LogP contribution in [0.1, 0.15) is 36.5 Å². The lowest BCUT2D eigenvalue weighted by Gasteiger charge is -2.42. The van der Waals surface area contributed by atoms with E-state index >= 15 is 0 Å². The molecule has 27 heavy (non-hydrogen) atoms. The Balaban J connectivity index is 1.46. The van der Waals surface area contributed by atoms with Crippen molar-refractivity contribution in [2.24, 2.45) is 0 Å². The zero-order valence-electron chi connectivity index (χ0n) is 15.8. The van der Waals surface area contributed by atoms with Crippen LogP contribution in [-0.4, -0.2) is 51.5 Å². The Hall–Kier alpha value is -2.24. The summed E-state index contributed by atoms with van der Waals surface area (Å²) in [6.45, 7) is 4.97. The number of carbonyl (C=O) groups excluding carboxylic acids is 1. The summed E-state index contributed by atoms with van der Waals surface area (Å²) < 4.78 is 0. The third-order valence-electron chi connectivity index (χ3n) is 6.14. The average molecular weight is 365 g/mol. The van der Waals surface area contributed by atoms with Crippen LogP contribution in [0.25, 0.3) is 0 Å². The summed E-state index contributed by atoms with van der Waals surface area (Å²) >= 11 is 0. The van der Waals surface area contributed by atoms with Crippen LogP contribution in [0.2, 0.25) is 0 Å². The highest BCUT2D eigenvalue weighted by Gasteiger charge is 2.39. The van der Waals surface area contributed by atoms with Gasteiger partial charge < -0.3 is 10.0 Å². The number of piperidine rings is 1. The number of hydrogen-bond donors (Lipinski definition) is 1. The van der Waals surface area contributed by atoms with Gasteiger partial charge in [0.2, 0.25) is 5.91 Å². The van der Waals surface area contributed by atoms with Crippen LogP contribution in [0, 0.1) is 0 Å². The van der Waals surface area contributed by atoms with Crippen molar-refractivity contribution in [3.8, 4) is 0 Å². The highest BCUT2D eigenvalue weighted by atomic mass is 16.3. The monoisotopic (exact) mass is 365 g/mol. The molecular weight excluding hydrogens is 338 g/mol. The lowest BCUT2D eigenvalue weighted by atomic mass is 9.85. The fraction of sp³-hybridized carbons (Fsp3) is 0.455. The maximum atomic E-state index is 13.3. The van der Waals surface area contributed by atoms with Gasteiger partial charge in [-0.1, -0.05) is 37.3 Å². The number of amides is 1. The zero-order valence-corrected chi connectivity index (χ0v) is 15.8. The van der Waals surface area contributed by atoms with Crippen LogP contribution >= 0.6 is 0 Å². The second-order valence-electron chi connectivity index (χ2n) is 7.65. The summed E-state index contributed by atoms with van der Waals surface area (Å²) in [7, 11) is 0. The van der Waals surface area contributed by atoms with Gasteiger partial charge in [-0.25, -0.2) is 0 Å². The van der Waals surface area contributed by atoms with Gasteiger partial charge in [-0.15, -0.1) is 0 Å². The van der Waals surface area contributed by atoms with Gasteiger partial charge in [0.15, 0.2) is 0 Å². The first kappa shape index (κ1) is 18.1. The molecule has 2 aromatic rings. The van der Waals surface area contributed by atoms with E-state index in [-0.39, 0.29) is 11.9 Å². The summed E-state index contributed by atoms with van der Waals surface area (Å²) in [6, 6.07) is 12.1. The van der Waals surface area contributed by atoms with Crippen LogP contribution < -0.4 is 0 Å². The predicted octanol–water partition coefficient (Wildman–Crippen LogP) is 2.34. The van der Waals surface area contributed by atoms with Crippen molar-refractivity contribution in [2.75, 3.05) is 19.6 Å². The van der Waals surface area contributed by atoms with Crippen molar-refractivity contribution in [3.05, 3.63) is 65.5 Å². The van der Waals surface area contributed by atoms with Crippen molar-refractivity contribution in [1.82, 2.24) is 14.8 Å². The number of benzene rings is 1. The van der Waals surface area contributed by atoms with Crippen LogP contribution in [-0.2, 0) is 23.4 Å². The number of nitrogens with zero attached hydrogens (tertiary/aromatic N) is 3. The van der Waals surface area contributed by atoms with Gasteiger partial charge in [-0.05, 0) is 43.0 Å². The van der Waals surface area contributed by atoms with E-state index in [1.165, 1.54) is 11.1 Å². The normalized spacial score (nSPS) is 22.3. The third-order valence-corrected chi connectivity index (χ3v) is 6.14. The molecule has 3 heterocycles. The molecule has 0 saturated carbocycles. The molecule has 2 aliphatic heterocycles. The largest absolute Gasteiger partial charge is 0.385 e. The van der Waals surface area contributed by atoms with E-state index in [2.05, 4.69) is 41.1 Å². The molecule has 1 atom stereocenters. The van der Waals surface area contributed by atoms with E-state index in [9.17, 15) is 9.90 Å². The molecule has 1 amide bonds. The standard InChI is InChI=1S/C22H27N3O2/c1-2-24-16-18-7-4-3-6-17(18)14-20(24)21(26)25-12-9-22(27,10-13-25)19-8-5-11-23-15-19/h3-8,11,15,20,27H,2,9-10,12-14,16H2,1H3. The number of hydrogen-bond acceptors (Lipinski definition) is 4. The SMILES string of the molecule is CCN1Cc2ccccc2CC1C(=O)N1CCC(O)(c2cccnc2)CC1. The summed E-state index contributed by atoms with van der Waals surface area (Å²) in [6.07, 6.45) is 5.33. The average Bonchev–Trinajstić information content (AvgIpc) is 2.73. The van der Waals surface area contributed by atoms with Crippen molar-refractivity contribution in [1.29, 1.82) is 0 Å². The van der Waals surface area contributed by atoms with E-state index in [4.69, 9.17) is 0 Å². The van der Waals surface area contributed by atoms with Gasteiger partial charge in [0, 0.05) is 37.6 Å². The molecule has 1 unspecified atom stereocenters. The number of likely N-dealkylation sites (tertiary alicyclic amines) is 1. The molecule has 4 rings (SSSR count). The first-order valence-corrected chi connectivity index (χ1v) is 9.83. The molecule has 0 radical (unpaired) electrons. The molecule has 2 aliphatic rings. The van der Waals surface area contributed by atoms with Gasteiger partial charge in [0.05, 0.1) is 11.6 Å². The number of aromatic nitrogens is 1.